The Morgan fingerprint density at radius 1 is 1.06 bits per heavy atom. The molecule has 0 spiro atoms. The summed E-state index contributed by atoms with van der Waals surface area (Å²) in [5.41, 5.74) is 7.11. The van der Waals surface area contributed by atoms with Gasteiger partial charge < -0.3 is 15.9 Å². The summed E-state index contributed by atoms with van der Waals surface area (Å²) in [7, 11) is 0. The maximum absolute atomic E-state index is 9.44. The SMILES string of the molecule is Cl.N[C@@H](c1ccc(O)c(O)c1)C1CCCCC1. The van der Waals surface area contributed by atoms with Gasteiger partial charge in [-0.3, -0.25) is 0 Å². The average Bonchev–Trinajstić information content (AvgIpc) is 2.33. The van der Waals surface area contributed by atoms with Crippen molar-refractivity contribution in [1.29, 1.82) is 0 Å². The zero-order valence-corrected chi connectivity index (χ0v) is 10.6. The first-order valence-corrected chi connectivity index (χ1v) is 5.96. The van der Waals surface area contributed by atoms with Crippen molar-refractivity contribution < 1.29 is 10.2 Å². The van der Waals surface area contributed by atoms with E-state index >= 15 is 0 Å². The lowest BCUT2D eigenvalue weighted by molar-refractivity contribution is 0.307. The zero-order valence-electron chi connectivity index (χ0n) is 9.80. The molecule has 1 aliphatic carbocycles. The normalized spacial score (nSPS) is 18.4. The highest BCUT2D eigenvalue weighted by Gasteiger charge is 2.22. The van der Waals surface area contributed by atoms with Crippen molar-refractivity contribution in [2.24, 2.45) is 11.7 Å². The molecule has 0 radical (unpaired) electrons. The van der Waals surface area contributed by atoms with E-state index in [1.54, 1.807) is 12.1 Å². The molecule has 1 saturated carbocycles. The van der Waals surface area contributed by atoms with E-state index in [0.717, 1.165) is 5.56 Å². The summed E-state index contributed by atoms with van der Waals surface area (Å²) in [5, 5.41) is 18.7. The van der Waals surface area contributed by atoms with E-state index < -0.39 is 0 Å². The molecule has 0 aliphatic heterocycles. The third-order valence-electron chi connectivity index (χ3n) is 3.54. The number of rotatable bonds is 2. The van der Waals surface area contributed by atoms with Crippen LogP contribution in [0.15, 0.2) is 18.2 Å². The van der Waals surface area contributed by atoms with E-state index in [2.05, 4.69) is 0 Å². The predicted octanol–water partition coefficient (Wildman–Crippen LogP) is 3.10. The standard InChI is InChI=1S/C13H19NO2.ClH/c14-13(9-4-2-1-3-5-9)10-6-7-11(15)12(16)8-10;/h6-9,13,15-16H,1-5,14H2;1H/t13-;/m1./s1. The molecule has 0 heterocycles. The van der Waals surface area contributed by atoms with E-state index in [1.807, 2.05) is 0 Å². The zero-order chi connectivity index (χ0) is 11.5. The average molecular weight is 258 g/mol. The topological polar surface area (TPSA) is 66.5 Å². The molecule has 1 fully saturated rings. The summed E-state index contributed by atoms with van der Waals surface area (Å²) >= 11 is 0. The summed E-state index contributed by atoms with van der Waals surface area (Å²) in [6.07, 6.45) is 6.15. The van der Waals surface area contributed by atoms with Crippen molar-refractivity contribution >= 4 is 12.4 Å². The fourth-order valence-corrected chi connectivity index (χ4v) is 2.51. The fraction of sp³-hybridized carbons (Fsp3) is 0.538. The minimum absolute atomic E-state index is 0. The molecule has 96 valence electrons. The van der Waals surface area contributed by atoms with Gasteiger partial charge in [0.2, 0.25) is 0 Å². The maximum atomic E-state index is 9.44. The largest absolute Gasteiger partial charge is 0.504 e. The number of phenolic OH excluding ortho intramolecular Hbond substituents is 2. The molecule has 1 aliphatic rings. The number of aromatic hydroxyl groups is 2. The van der Waals surface area contributed by atoms with Crippen molar-refractivity contribution in [3.63, 3.8) is 0 Å². The lowest BCUT2D eigenvalue weighted by Crippen LogP contribution is -2.23. The van der Waals surface area contributed by atoms with Gasteiger partial charge in [0.15, 0.2) is 11.5 Å². The molecule has 0 saturated heterocycles. The molecular weight excluding hydrogens is 238 g/mol. The van der Waals surface area contributed by atoms with Gasteiger partial charge in [-0.2, -0.15) is 0 Å². The van der Waals surface area contributed by atoms with Gasteiger partial charge in [-0.05, 0) is 36.5 Å². The monoisotopic (exact) mass is 257 g/mol. The fourth-order valence-electron chi connectivity index (χ4n) is 2.51. The van der Waals surface area contributed by atoms with Crippen molar-refractivity contribution in [3.05, 3.63) is 23.8 Å². The van der Waals surface area contributed by atoms with Crippen LogP contribution in [0.2, 0.25) is 0 Å². The number of hydrogen-bond acceptors (Lipinski definition) is 3. The Bertz CT molecular complexity index is 364. The van der Waals surface area contributed by atoms with Crippen LogP contribution >= 0.6 is 12.4 Å². The lowest BCUT2D eigenvalue weighted by atomic mass is 9.81. The maximum Gasteiger partial charge on any atom is 0.157 e. The Hall–Kier alpha value is -0.930. The number of benzene rings is 1. The van der Waals surface area contributed by atoms with E-state index in [0.29, 0.717) is 5.92 Å². The van der Waals surface area contributed by atoms with Gasteiger partial charge in [-0.25, -0.2) is 0 Å². The third-order valence-corrected chi connectivity index (χ3v) is 3.54. The Labute approximate surface area is 108 Å². The molecule has 2 rings (SSSR count). The second-order valence-corrected chi connectivity index (χ2v) is 4.67. The van der Waals surface area contributed by atoms with Gasteiger partial charge in [-0.15, -0.1) is 12.4 Å². The summed E-state index contributed by atoms with van der Waals surface area (Å²) in [6.45, 7) is 0. The summed E-state index contributed by atoms with van der Waals surface area (Å²) < 4.78 is 0. The van der Waals surface area contributed by atoms with Crippen LogP contribution in [-0.2, 0) is 0 Å². The Morgan fingerprint density at radius 3 is 2.29 bits per heavy atom. The van der Waals surface area contributed by atoms with E-state index in [1.165, 1.54) is 38.2 Å². The van der Waals surface area contributed by atoms with Gasteiger partial charge in [0.1, 0.15) is 0 Å². The lowest BCUT2D eigenvalue weighted by Gasteiger charge is -2.27. The minimum Gasteiger partial charge on any atom is -0.504 e. The molecule has 3 nitrogen and oxygen atoms in total. The second kappa shape index (κ2) is 6.12. The molecular formula is C13H20ClNO2. The Kier molecular flexibility index (Phi) is 5.09. The summed E-state index contributed by atoms with van der Waals surface area (Å²) in [5.74, 6) is 0.348. The summed E-state index contributed by atoms with van der Waals surface area (Å²) in [6, 6.07) is 4.86. The van der Waals surface area contributed by atoms with Crippen LogP contribution in [0.1, 0.15) is 43.7 Å². The highest BCUT2D eigenvalue weighted by Crippen LogP contribution is 2.35. The van der Waals surface area contributed by atoms with Gasteiger partial charge in [0, 0.05) is 6.04 Å². The molecule has 0 bridgehead atoms. The van der Waals surface area contributed by atoms with Crippen LogP contribution in [0, 0.1) is 5.92 Å². The van der Waals surface area contributed by atoms with Crippen LogP contribution in [0.25, 0.3) is 0 Å². The molecule has 17 heavy (non-hydrogen) atoms. The van der Waals surface area contributed by atoms with Crippen LogP contribution < -0.4 is 5.73 Å². The van der Waals surface area contributed by atoms with Gasteiger partial charge >= 0.3 is 0 Å². The molecule has 0 unspecified atom stereocenters. The van der Waals surface area contributed by atoms with Crippen molar-refractivity contribution in [2.75, 3.05) is 0 Å². The molecule has 4 N–H and O–H groups in total. The third kappa shape index (κ3) is 3.27. The first kappa shape index (κ1) is 14.1. The summed E-state index contributed by atoms with van der Waals surface area (Å²) in [4.78, 5) is 0. The van der Waals surface area contributed by atoms with E-state index in [4.69, 9.17) is 5.73 Å². The molecule has 1 aromatic rings. The molecule has 1 atom stereocenters. The van der Waals surface area contributed by atoms with E-state index in [-0.39, 0.29) is 29.9 Å². The van der Waals surface area contributed by atoms with E-state index in [9.17, 15) is 10.2 Å². The van der Waals surface area contributed by atoms with Crippen molar-refractivity contribution in [1.82, 2.24) is 0 Å². The smallest absolute Gasteiger partial charge is 0.157 e. The Morgan fingerprint density at radius 2 is 1.71 bits per heavy atom. The van der Waals surface area contributed by atoms with Crippen molar-refractivity contribution in [3.8, 4) is 11.5 Å². The second-order valence-electron chi connectivity index (χ2n) is 4.67. The van der Waals surface area contributed by atoms with Crippen LogP contribution in [0.4, 0.5) is 0 Å². The number of hydrogen-bond donors (Lipinski definition) is 3. The van der Waals surface area contributed by atoms with Gasteiger partial charge in [-0.1, -0.05) is 25.3 Å². The predicted molar refractivity (Wildman–Crippen MR) is 70.5 cm³/mol. The first-order chi connectivity index (χ1) is 7.68. The van der Waals surface area contributed by atoms with Gasteiger partial charge in [0.25, 0.3) is 0 Å². The Balaban J connectivity index is 0.00000144. The molecule has 0 amide bonds. The number of halogens is 1. The quantitative estimate of drug-likeness (QED) is 0.714. The molecule has 4 heteroatoms. The first-order valence-electron chi connectivity index (χ1n) is 5.96. The number of nitrogens with two attached hydrogens (primary N) is 1. The highest BCUT2D eigenvalue weighted by atomic mass is 35.5. The van der Waals surface area contributed by atoms with Gasteiger partial charge in [0.05, 0.1) is 0 Å². The van der Waals surface area contributed by atoms with Crippen LogP contribution in [0.5, 0.6) is 11.5 Å². The molecule has 0 aromatic heterocycles. The van der Waals surface area contributed by atoms with Crippen LogP contribution in [-0.4, -0.2) is 10.2 Å². The highest BCUT2D eigenvalue weighted by molar-refractivity contribution is 5.85. The molecule has 1 aromatic carbocycles. The number of phenols is 2. The van der Waals surface area contributed by atoms with Crippen molar-refractivity contribution in [2.45, 2.75) is 38.1 Å². The van der Waals surface area contributed by atoms with Crippen LogP contribution in [0.3, 0.4) is 0 Å². The minimum atomic E-state index is -0.0837.